The van der Waals surface area contributed by atoms with Gasteiger partial charge in [0.2, 0.25) is 0 Å². The van der Waals surface area contributed by atoms with E-state index in [1.807, 2.05) is 0 Å². The van der Waals surface area contributed by atoms with Gasteiger partial charge in [-0.3, -0.25) is 4.90 Å². The fourth-order valence-electron chi connectivity index (χ4n) is 3.70. The molecule has 2 aliphatic heterocycles. The van der Waals surface area contributed by atoms with Crippen molar-refractivity contribution < 1.29 is 4.74 Å². The second-order valence-corrected chi connectivity index (χ2v) is 5.91. The molecule has 0 N–H and O–H groups in total. The third kappa shape index (κ3) is 2.51. The molecule has 20 heavy (non-hydrogen) atoms. The van der Waals surface area contributed by atoms with Crippen LogP contribution in [0, 0.1) is 0 Å². The first-order chi connectivity index (χ1) is 9.83. The van der Waals surface area contributed by atoms with Crippen LogP contribution in [0.15, 0.2) is 24.3 Å². The standard InChI is InChI=1S/C17H26N2O/c1-3-14-12-18-11-7-8-15(18)13-19(14)16-9-5-6-10-17(16)20-4-2/h5-6,9-10,14-15H,3-4,7-8,11-13H2,1-2H3. The van der Waals surface area contributed by atoms with E-state index in [1.54, 1.807) is 0 Å². The number of ether oxygens (including phenoxy) is 1. The van der Waals surface area contributed by atoms with Gasteiger partial charge < -0.3 is 9.64 Å². The number of rotatable bonds is 4. The number of piperazine rings is 1. The Morgan fingerprint density at radius 2 is 2.05 bits per heavy atom. The number of fused-ring (bicyclic) bond motifs is 1. The normalized spacial score (nSPS) is 26.6. The quantitative estimate of drug-likeness (QED) is 0.839. The molecule has 110 valence electrons. The van der Waals surface area contributed by atoms with Crippen LogP contribution in [0.2, 0.25) is 0 Å². The molecule has 2 aliphatic rings. The van der Waals surface area contributed by atoms with E-state index >= 15 is 0 Å². The van der Waals surface area contributed by atoms with E-state index < -0.39 is 0 Å². The van der Waals surface area contributed by atoms with Gasteiger partial charge in [-0.15, -0.1) is 0 Å². The highest BCUT2D eigenvalue weighted by atomic mass is 16.5. The van der Waals surface area contributed by atoms with Gasteiger partial charge in [-0.2, -0.15) is 0 Å². The third-order valence-corrected chi connectivity index (χ3v) is 4.74. The second kappa shape index (κ2) is 6.04. The summed E-state index contributed by atoms with van der Waals surface area (Å²) in [6.45, 7) is 8.75. The Morgan fingerprint density at radius 3 is 2.85 bits per heavy atom. The predicted molar refractivity (Wildman–Crippen MR) is 83.6 cm³/mol. The number of anilines is 1. The summed E-state index contributed by atoms with van der Waals surface area (Å²) in [6, 6.07) is 9.89. The highest BCUT2D eigenvalue weighted by Crippen LogP contribution is 2.35. The van der Waals surface area contributed by atoms with Gasteiger partial charge in [0.25, 0.3) is 0 Å². The van der Waals surface area contributed by atoms with Gasteiger partial charge in [0.1, 0.15) is 5.75 Å². The van der Waals surface area contributed by atoms with E-state index in [0.717, 1.165) is 24.9 Å². The summed E-state index contributed by atoms with van der Waals surface area (Å²) in [6.07, 6.45) is 3.91. The topological polar surface area (TPSA) is 15.7 Å². The van der Waals surface area contributed by atoms with Crippen molar-refractivity contribution in [3.05, 3.63) is 24.3 Å². The molecule has 1 aromatic carbocycles. The van der Waals surface area contributed by atoms with Crippen LogP contribution in [-0.4, -0.2) is 43.2 Å². The molecule has 2 heterocycles. The lowest BCUT2D eigenvalue weighted by Crippen LogP contribution is -2.56. The average molecular weight is 274 g/mol. The highest BCUT2D eigenvalue weighted by Gasteiger charge is 2.36. The van der Waals surface area contributed by atoms with Crippen molar-refractivity contribution in [1.82, 2.24) is 4.90 Å². The first-order valence-corrected chi connectivity index (χ1v) is 8.06. The van der Waals surface area contributed by atoms with Crippen LogP contribution >= 0.6 is 0 Å². The SMILES string of the molecule is CCOc1ccccc1N1CC2CCCN2CC1CC. The van der Waals surface area contributed by atoms with Crippen molar-refractivity contribution in [2.75, 3.05) is 31.1 Å². The molecule has 3 heteroatoms. The zero-order valence-electron chi connectivity index (χ0n) is 12.7. The van der Waals surface area contributed by atoms with Gasteiger partial charge in [0, 0.05) is 25.2 Å². The lowest BCUT2D eigenvalue weighted by Gasteiger charge is -2.45. The molecule has 0 radical (unpaired) electrons. The fourth-order valence-corrected chi connectivity index (χ4v) is 3.70. The van der Waals surface area contributed by atoms with Gasteiger partial charge in [-0.25, -0.2) is 0 Å². The molecule has 0 aromatic heterocycles. The monoisotopic (exact) mass is 274 g/mol. The fraction of sp³-hybridized carbons (Fsp3) is 0.647. The Balaban J connectivity index is 1.87. The molecule has 0 saturated carbocycles. The summed E-state index contributed by atoms with van der Waals surface area (Å²) in [5.74, 6) is 1.04. The molecule has 3 nitrogen and oxygen atoms in total. The number of benzene rings is 1. The van der Waals surface area contributed by atoms with Gasteiger partial charge in [0.05, 0.1) is 12.3 Å². The summed E-state index contributed by atoms with van der Waals surface area (Å²) in [7, 11) is 0. The molecule has 1 aromatic rings. The van der Waals surface area contributed by atoms with Crippen molar-refractivity contribution in [1.29, 1.82) is 0 Å². The molecule has 2 atom stereocenters. The van der Waals surface area contributed by atoms with Crippen LogP contribution in [0.5, 0.6) is 5.75 Å². The van der Waals surface area contributed by atoms with Crippen LogP contribution in [0.1, 0.15) is 33.1 Å². The van der Waals surface area contributed by atoms with Crippen molar-refractivity contribution in [3.8, 4) is 5.75 Å². The minimum atomic E-state index is 0.617. The summed E-state index contributed by atoms with van der Waals surface area (Å²) < 4.78 is 5.84. The lowest BCUT2D eigenvalue weighted by atomic mass is 10.0. The van der Waals surface area contributed by atoms with E-state index in [4.69, 9.17) is 4.74 Å². The highest BCUT2D eigenvalue weighted by molar-refractivity contribution is 5.59. The number of para-hydroxylation sites is 2. The number of hydrogen-bond donors (Lipinski definition) is 0. The molecular formula is C17H26N2O. The van der Waals surface area contributed by atoms with Crippen molar-refractivity contribution in [2.24, 2.45) is 0 Å². The Kier molecular flexibility index (Phi) is 4.16. The van der Waals surface area contributed by atoms with Gasteiger partial charge in [-0.1, -0.05) is 19.1 Å². The van der Waals surface area contributed by atoms with E-state index in [9.17, 15) is 0 Å². The molecule has 0 amide bonds. The molecule has 0 aliphatic carbocycles. The molecular weight excluding hydrogens is 248 g/mol. The zero-order chi connectivity index (χ0) is 13.9. The van der Waals surface area contributed by atoms with Crippen LogP contribution in [0.4, 0.5) is 5.69 Å². The smallest absolute Gasteiger partial charge is 0.142 e. The lowest BCUT2D eigenvalue weighted by molar-refractivity contribution is 0.193. The number of hydrogen-bond acceptors (Lipinski definition) is 3. The number of nitrogens with zero attached hydrogens (tertiary/aromatic N) is 2. The molecule has 0 bridgehead atoms. The van der Waals surface area contributed by atoms with Crippen molar-refractivity contribution in [3.63, 3.8) is 0 Å². The second-order valence-electron chi connectivity index (χ2n) is 5.91. The maximum Gasteiger partial charge on any atom is 0.142 e. The van der Waals surface area contributed by atoms with E-state index in [1.165, 1.54) is 38.0 Å². The van der Waals surface area contributed by atoms with Crippen molar-refractivity contribution in [2.45, 2.75) is 45.2 Å². The molecule has 2 saturated heterocycles. The summed E-state index contributed by atoms with van der Waals surface area (Å²) in [5.41, 5.74) is 1.28. The molecule has 0 spiro atoms. The third-order valence-electron chi connectivity index (χ3n) is 4.74. The first kappa shape index (κ1) is 13.7. The van der Waals surface area contributed by atoms with E-state index in [-0.39, 0.29) is 0 Å². The molecule has 2 unspecified atom stereocenters. The summed E-state index contributed by atoms with van der Waals surface area (Å²) in [5, 5.41) is 0. The Morgan fingerprint density at radius 1 is 1.20 bits per heavy atom. The predicted octanol–water partition coefficient (Wildman–Crippen LogP) is 3.15. The van der Waals surface area contributed by atoms with Crippen LogP contribution in [0.3, 0.4) is 0 Å². The summed E-state index contributed by atoms with van der Waals surface area (Å²) in [4.78, 5) is 5.28. The molecule has 3 rings (SSSR count). The van der Waals surface area contributed by atoms with Gasteiger partial charge >= 0.3 is 0 Å². The maximum atomic E-state index is 5.84. The largest absolute Gasteiger partial charge is 0.492 e. The van der Waals surface area contributed by atoms with E-state index in [0.29, 0.717) is 6.04 Å². The Bertz CT molecular complexity index is 448. The van der Waals surface area contributed by atoms with Crippen molar-refractivity contribution >= 4 is 5.69 Å². The minimum Gasteiger partial charge on any atom is -0.492 e. The van der Waals surface area contributed by atoms with Crippen LogP contribution in [-0.2, 0) is 0 Å². The zero-order valence-corrected chi connectivity index (χ0v) is 12.7. The van der Waals surface area contributed by atoms with Crippen LogP contribution in [0.25, 0.3) is 0 Å². The van der Waals surface area contributed by atoms with Crippen LogP contribution < -0.4 is 9.64 Å². The maximum absolute atomic E-state index is 5.84. The molecule has 2 fully saturated rings. The van der Waals surface area contributed by atoms with Gasteiger partial charge in [0.15, 0.2) is 0 Å². The minimum absolute atomic E-state index is 0.617. The van der Waals surface area contributed by atoms with E-state index in [2.05, 4.69) is 47.9 Å². The Hall–Kier alpha value is -1.22. The Labute approximate surface area is 122 Å². The average Bonchev–Trinajstić information content (AvgIpc) is 2.94. The first-order valence-electron chi connectivity index (χ1n) is 8.06. The summed E-state index contributed by atoms with van der Waals surface area (Å²) >= 11 is 0. The van der Waals surface area contributed by atoms with Gasteiger partial charge in [-0.05, 0) is 44.9 Å².